The van der Waals surface area contributed by atoms with Crippen LogP contribution in [-0.2, 0) is 6.54 Å². The number of hydrogen-bond acceptors (Lipinski definition) is 0. The maximum Gasteiger partial charge on any atom is 0.200 e. The molecule has 0 aliphatic carbocycles. The van der Waals surface area contributed by atoms with Gasteiger partial charge in [0.25, 0.3) is 0 Å². The van der Waals surface area contributed by atoms with Crippen LogP contribution < -0.4 is 12.4 Å². The number of nitrogens with zero attached hydrogens (tertiary/aromatic N) is 1. The molecule has 0 saturated carbocycles. The van der Waals surface area contributed by atoms with Gasteiger partial charge in [-0.15, -0.1) is 6.42 Å². The minimum atomic E-state index is 0. The molecular formula is C18H27ClIN. The van der Waals surface area contributed by atoms with Gasteiger partial charge in [-0.1, -0.05) is 58.0 Å². The Bertz CT molecular complexity index is 426. The summed E-state index contributed by atoms with van der Waals surface area (Å²) in [5.74, 6) is 4.28. The molecule has 0 radical (unpaired) electrons. The second-order valence-electron chi connectivity index (χ2n) is 6.52. The van der Waals surface area contributed by atoms with E-state index in [0.29, 0.717) is 11.8 Å². The number of halogens is 2. The molecule has 0 aliphatic heterocycles. The molecule has 0 heterocycles. The van der Waals surface area contributed by atoms with E-state index in [1.54, 1.807) is 0 Å². The van der Waals surface area contributed by atoms with Crippen LogP contribution in [0.2, 0.25) is 0 Å². The predicted molar refractivity (Wildman–Crippen MR) is 96.5 cm³/mol. The Labute approximate surface area is 150 Å². The van der Waals surface area contributed by atoms with Gasteiger partial charge in [-0.3, -0.25) is 4.48 Å². The average Bonchev–Trinajstić information content (AvgIpc) is 2.37. The summed E-state index contributed by atoms with van der Waals surface area (Å²) in [6.07, 6.45) is 5.79. The highest BCUT2D eigenvalue weighted by molar-refractivity contribution is 14.1. The third kappa shape index (κ3) is 6.59. The summed E-state index contributed by atoms with van der Waals surface area (Å²) in [7, 11) is 0. The summed E-state index contributed by atoms with van der Waals surface area (Å²) >= 11 is 2.45. The van der Waals surface area contributed by atoms with E-state index in [-0.39, 0.29) is 16.5 Å². The third-order valence-corrected chi connectivity index (χ3v) is 4.96. The maximum absolute atomic E-state index is 5.79. The maximum atomic E-state index is 5.79. The van der Waals surface area contributed by atoms with Gasteiger partial charge >= 0.3 is 0 Å². The second-order valence-corrected chi connectivity index (χ2v) is 7.70. The van der Waals surface area contributed by atoms with Gasteiger partial charge in [0.2, 0.25) is 4.05 Å². The van der Waals surface area contributed by atoms with Crippen LogP contribution in [0.25, 0.3) is 0 Å². The third-order valence-electron chi connectivity index (χ3n) is 3.42. The molecule has 0 aromatic heterocycles. The molecule has 118 valence electrons. The van der Waals surface area contributed by atoms with E-state index in [9.17, 15) is 0 Å². The SMILES string of the molecule is C#CC(I)[N+](Cc1ccccc1)(CC(C)C)CC(C)C.[Cl-]. The van der Waals surface area contributed by atoms with Crippen LogP contribution in [0.3, 0.4) is 0 Å². The van der Waals surface area contributed by atoms with Crippen molar-refractivity contribution < 1.29 is 16.9 Å². The van der Waals surface area contributed by atoms with E-state index in [4.69, 9.17) is 6.42 Å². The summed E-state index contributed by atoms with van der Waals surface area (Å²) in [6.45, 7) is 12.4. The Morgan fingerprint density at radius 3 is 1.90 bits per heavy atom. The molecule has 21 heavy (non-hydrogen) atoms. The van der Waals surface area contributed by atoms with Gasteiger partial charge in [0, 0.05) is 40.0 Å². The number of terminal acetylenes is 1. The fourth-order valence-electron chi connectivity index (χ4n) is 3.03. The molecule has 0 aliphatic rings. The summed E-state index contributed by atoms with van der Waals surface area (Å²) in [5, 5.41) is 0. The lowest BCUT2D eigenvalue weighted by Gasteiger charge is -2.43. The van der Waals surface area contributed by atoms with Crippen molar-refractivity contribution >= 4 is 22.6 Å². The number of hydrogen-bond donors (Lipinski definition) is 0. The highest BCUT2D eigenvalue weighted by Gasteiger charge is 2.35. The quantitative estimate of drug-likeness (QED) is 0.208. The zero-order chi connectivity index (χ0) is 15.2. The molecule has 1 atom stereocenters. The van der Waals surface area contributed by atoms with Gasteiger partial charge < -0.3 is 12.4 Å². The molecule has 0 spiro atoms. The lowest BCUT2D eigenvalue weighted by molar-refractivity contribution is -0.945. The molecule has 0 N–H and O–H groups in total. The zero-order valence-corrected chi connectivity index (χ0v) is 16.4. The molecular weight excluding hydrogens is 393 g/mol. The van der Waals surface area contributed by atoms with Crippen LogP contribution in [0.1, 0.15) is 33.3 Å². The number of benzene rings is 1. The van der Waals surface area contributed by atoms with Crippen molar-refractivity contribution in [1.29, 1.82) is 0 Å². The highest BCUT2D eigenvalue weighted by atomic mass is 127. The molecule has 1 aromatic carbocycles. The molecule has 0 amide bonds. The normalized spacial score (nSPS) is 12.9. The summed E-state index contributed by atoms with van der Waals surface area (Å²) < 4.78 is 1.20. The first-order valence-electron chi connectivity index (χ1n) is 7.39. The van der Waals surface area contributed by atoms with Gasteiger partial charge in [-0.2, -0.15) is 0 Å². The molecule has 1 aromatic rings. The fraction of sp³-hybridized carbons (Fsp3) is 0.556. The molecule has 1 rings (SSSR count). The van der Waals surface area contributed by atoms with E-state index in [0.717, 1.165) is 24.1 Å². The molecule has 0 fully saturated rings. The minimum Gasteiger partial charge on any atom is -1.00 e. The van der Waals surface area contributed by atoms with Gasteiger partial charge in [0.1, 0.15) is 6.54 Å². The Kier molecular flexibility index (Phi) is 9.60. The van der Waals surface area contributed by atoms with Gasteiger partial charge in [0.15, 0.2) is 0 Å². The smallest absolute Gasteiger partial charge is 0.200 e. The van der Waals surface area contributed by atoms with Gasteiger partial charge in [-0.05, 0) is 5.92 Å². The van der Waals surface area contributed by atoms with Crippen LogP contribution in [0, 0.1) is 24.2 Å². The first-order chi connectivity index (χ1) is 9.39. The van der Waals surface area contributed by atoms with Crippen LogP contribution in [0.5, 0.6) is 0 Å². The number of quaternary nitrogens is 1. The molecule has 0 bridgehead atoms. The predicted octanol–water partition coefficient (Wildman–Crippen LogP) is 1.71. The van der Waals surface area contributed by atoms with E-state index in [1.165, 1.54) is 5.56 Å². The van der Waals surface area contributed by atoms with E-state index >= 15 is 0 Å². The fourth-order valence-corrected chi connectivity index (χ4v) is 3.68. The van der Waals surface area contributed by atoms with Crippen molar-refractivity contribution in [3.8, 4) is 12.3 Å². The van der Waals surface area contributed by atoms with E-state index < -0.39 is 0 Å². The number of rotatable bonds is 7. The lowest BCUT2D eigenvalue weighted by Crippen LogP contribution is -3.00. The van der Waals surface area contributed by atoms with Gasteiger partial charge in [-0.25, -0.2) is 0 Å². The Balaban J connectivity index is 0.00000400. The Morgan fingerprint density at radius 2 is 1.52 bits per heavy atom. The lowest BCUT2D eigenvalue weighted by atomic mass is 10.1. The van der Waals surface area contributed by atoms with Gasteiger partial charge in [0.05, 0.1) is 13.1 Å². The van der Waals surface area contributed by atoms with Crippen LogP contribution in [0.15, 0.2) is 30.3 Å². The summed E-state index contributed by atoms with van der Waals surface area (Å²) in [4.78, 5) is 0. The topological polar surface area (TPSA) is 0 Å². The number of alkyl halides is 1. The van der Waals surface area contributed by atoms with Crippen molar-refractivity contribution in [2.24, 2.45) is 11.8 Å². The first-order valence-corrected chi connectivity index (χ1v) is 8.64. The van der Waals surface area contributed by atoms with Crippen molar-refractivity contribution in [1.82, 2.24) is 0 Å². The highest BCUT2D eigenvalue weighted by Crippen LogP contribution is 2.27. The molecule has 3 heteroatoms. The molecule has 1 nitrogen and oxygen atoms in total. The monoisotopic (exact) mass is 419 g/mol. The van der Waals surface area contributed by atoms with Crippen LogP contribution in [-0.4, -0.2) is 21.6 Å². The molecule has 0 saturated heterocycles. The average molecular weight is 420 g/mol. The van der Waals surface area contributed by atoms with Crippen molar-refractivity contribution in [3.05, 3.63) is 35.9 Å². The van der Waals surface area contributed by atoms with Crippen LogP contribution in [0.4, 0.5) is 0 Å². The largest absolute Gasteiger partial charge is 1.00 e. The summed E-state index contributed by atoms with van der Waals surface area (Å²) in [5.41, 5.74) is 1.38. The van der Waals surface area contributed by atoms with E-state index in [1.807, 2.05) is 0 Å². The van der Waals surface area contributed by atoms with Crippen molar-refractivity contribution in [2.45, 2.75) is 38.3 Å². The van der Waals surface area contributed by atoms with E-state index in [2.05, 4.69) is 86.5 Å². The molecule has 1 unspecified atom stereocenters. The minimum absolute atomic E-state index is 0. The Morgan fingerprint density at radius 1 is 1.05 bits per heavy atom. The first kappa shape index (κ1) is 20.8. The zero-order valence-electron chi connectivity index (χ0n) is 13.5. The standard InChI is InChI=1S/C18H27IN.ClH/c1-6-18(19)20(12-15(2)3,13-16(4)5)14-17-10-8-7-9-11-17;/h1,7-11,15-16,18H,12-14H2,2-5H3;1H/q+1;/p-1. The summed E-state index contributed by atoms with van der Waals surface area (Å²) in [6, 6.07) is 10.7. The Hall–Kier alpha value is -0.240. The van der Waals surface area contributed by atoms with Crippen molar-refractivity contribution in [2.75, 3.05) is 13.1 Å². The van der Waals surface area contributed by atoms with Crippen molar-refractivity contribution in [3.63, 3.8) is 0 Å². The second kappa shape index (κ2) is 9.71. The van der Waals surface area contributed by atoms with Crippen LogP contribution >= 0.6 is 22.6 Å².